The molecule has 0 radical (unpaired) electrons. The van der Waals surface area contributed by atoms with Gasteiger partial charge in [0.2, 0.25) is 5.69 Å². The highest BCUT2D eigenvalue weighted by Crippen LogP contribution is 2.56. The topological polar surface area (TPSA) is 190 Å². The fourth-order valence-electron chi connectivity index (χ4n) is 9.93. The number of rotatable bonds is 21. The second-order valence-corrected chi connectivity index (χ2v) is 25.2. The monoisotopic (exact) mass is 1400 g/mol. The predicted octanol–water partition coefficient (Wildman–Crippen LogP) is 12.1. The van der Waals surface area contributed by atoms with Crippen molar-refractivity contribution in [2.45, 2.75) is 89.4 Å². The van der Waals surface area contributed by atoms with Crippen LogP contribution in [0.1, 0.15) is 89.7 Å². The van der Waals surface area contributed by atoms with E-state index in [1.165, 1.54) is 4.90 Å². The molecule has 18 heteroatoms. The van der Waals surface area contributed by atoms with Gasteiger partial charge in [-0.3, -0.25) is 18.7 Å². The molecular weight excluding hydrogens is 1350 g/mol. The molecule has 0 bridgehead atoms. The average molecular weight is 1400 g/mol. The smallest absolute Gasteiger partial charge is 0.307 e. The molecule has 3 atom stereocenters. The number of allylic oxidation sites excluding steroid dienone is 8. The average Bonchev–Trinajstić information content (AvgIpc) is 3.59. The minimum absolute atomic E-state index is 0.0827. The van der Waals surface area contributed by atoms with Gasteiger partial charge in [0.25, 0.3) is 20.2 Å². The van der Waals surface area contributed by atoms with Crippen LogP contribution in [0.5, 0.6) is 0 Å². The molecule has 2 heterocycles. The van der Waals surface area contributed by atoms with Crippen LogP contribution in [0.15, 0.2) is 96.8 Å². The Hall–Kier alpha value is -2.49. The molecule has 67 heavy (non-hydrogen) atoms. The van der Waals surface area contributed by atoms with E-state index in [0.717, 1.165) is 65.6 Å². The van der Waals surface area contributed by atoms with Gasteiger partial charge in [0.1, 0.15) is 6.54 Å². The summed E-state index contributed by atoms with van der Waals surface area (Å²) in [5.41, 5.74) is 2.85. The number of carboxylic acid groups (broad SMARTS) is 2. The SMILES string of the molecule is CCCCC(C(=O)O)C1(C)/C(=C/C=C/C=C/C=C/C2=[N+](CCCS(=O)(=O)O)c3ccc4c(I)cc(I)cc4c3C2(C)CCCCCC(=O)O)N(CS(=O)(=O)O)c2ccc3c(I)cc(I)cc3c21. The summed E-state index contributed by atoms with van der Waals surface area (Å²) in [5.74, 6) is -3.94. The lowest BCUT2D eigenvalue weighted by molar-refractivity contribution is -0.437. The van der Waals surface area contributed by atoms with Gasteiger partial charge in [0, 0.05) is 61.6 Å². The number of hydrogen-bond acceptors (Lipinski definition) is 7. The van der Waals surface area contributed by atoms with E-state index < -0.39 is 60.6 Å². The molecule has 4 aromatic carbocycles. The minimum Gasteiger partial charge on any atom is -0.481 e. The van der Waals surface area contributed by atoms with E-state index in [9.17, 15) is 45.7 Å². The van der Waals surface area contributed by atoms with Crippen molar-refractivity contribution in [1.82, 2.24) is 0 Å². The largest absolute Gasteiger partial charge is 0.481 e. The summed E-state index contributed by atoms with van der Waals surface area (Å²) in [6, 6.07) is 16.2. The van der Waals surface area contributed by atoms with E-state index in [4.69, 9.17) is 0 Å². The van der Waals surface area contributed by atoms with E-state index in [0.29, 0.717) is 55.6 Å². The molecule has 0 aliphatic carbocycles. The number of halogens is 4. The van der Waals surface area contributed by atoms with Gasteiger partial charge in [0.05, 0.1) is 17.1 Å². The molecule has 0 fully saturated rings. The van der Waals surface area contributed by atoms with Crippen molar-refractivity contribution in [3.63, 3.8) is 0 Å². The molecule has 0 saturated carbocycles. The van der Waals surface area contributed by atoms with Crippen LogP contribution in [0.4, 0.5) is 11.4 Å². The summed E-state index contributed by atoms with van der Waals surface area (Å²) in [6.07, 6.45) is 17.5. The Kier molecular flexibility index (Phi) is 17.9. The van der Waals surface area contributed by atoms with Crippen molar-refractivity contribution in [2.75, 3.05) is 23.1 Å². The third kappa shape index (κ3) is 12.2. The molecule has 0 aromatic heterocycles. The van der Waals surface area contributed by atoms with Crippen molar-refractivity contribution in [3.05, 3.63) is 122 Å². The predicted molar refractivity (Wildman–Crippen MR) is 300 cm³/mol. The van der Waals surface area contributed by atoms with Crippen molar-refractivity contribution in [1.29, 1.82) is 0 Å². The lowest BCUT2D eigenvalue weighted by Crippen LogP contribution is -2.41. The Labute approximate surface area is 447 Å². The quantitative estimate of drug-likeness (QED) is 0.0204. The standard InChI is InChI=1S/C49H52I4N2O10S2/c1-4-5-15-37(47(58)59)49(3)43(55(30-67(63,64)65)41-22-20-34-36(46(41)49)27-32(51)29-39(34)53)17-11-8-6-7-10-16-42-48(2,23-13-9-12-18-44(56)57)45-35-26-31(50)28-38(52)33(35)19-21-40(45)54(42)24-14-25-66(60,61)62/h6-8,10-11,16-17,19-22,26-29,37H,4-5,9,12-15,18,23-25,30H2,1-3H3,(H3-,56,57,58,59,60,61,62,63,64,65)/p+1. The second kappa shape index (κ2) is 22.3. The Bertz CT molecular complexity index is 3000. The normalized spacial score (nSPS) is 19.8. The van der Waals surface area contributed by atoms with Crippen LogP contribution in [0.2, 0.25) is 0 Å². The van der Waals surface area contributed by atoms with E-state index in [1.54, 1.807) is 24.3 Å². The fraction of sp³-hybridized carbons (Fsp3) is 0.367. The Balaban J connectivity index is 1.44. The van der Waals surface area contributed by atoms with Crippen molar-refractivity contribution in [2.24, 2.45) is 5.92 Å². The summed E-state index contributed by atoms with van der Waals surface area (Å²) in [6.45, 7) is 6.35. The number of nitrogens with zero attached hydrogens (tertiary/aromatic N) is 2. The van der Waals surface area contributed by atoms with Gasteiger partial charge < -0.3 is 15.1 Å². The van der Waals surface area contributed by atoms with Crippen LogP contribution in [-0.4, -0.2) is 76.6 Å². The molecule has 0 amide bonds. The zero-order valence-corrected chi connectivity index (χ0v) is 47.4. The van der Waals surface area contributed by atoms with Gasteiger partial charge in [0.15, 0.2) is 11.6 Å². The Morgan fingerprint density at radius 1 is 0.746 bits per heavy atom. The van der Waals surface area contributed by atoms with Gasteiger partial charge in [-0.05, 0) is 193 Å². The zero-order chi connectivity index (χ0) is 49.1. The summed E-state index contributed by atoms with van der Waals surface area (Å²) in [4.78, 5) is 26.2. The number of fused-ring (bicyclic) bond motifs is 6. The van der Waals surface area contributed by atoms with Crippen molar-refractivity contribution < 1.29 is 50.3 Å². The van der Waals surface area contributed by atoms with Crippen LogP contribution < -0.4 is 4.90 Å². The molecule has 0 saturated heterocycles. The lowest BCUT2D eigenvalue weighted by Gasteiger charge is -2.35. The molecule has 12 nitrogen and oxygen atoms in total. The zero-order valence-electron chi connectivity index (χ0n) is 37.2. The number of aliphatic carboxylic acids is 2. The molecular formula is C49H53I4N2O10S2+. The number of carbonyl (C=O) groups is 2. The highest BCUT2D eigenvalue weighted by atomic mass is 127. The molecule has 6 rings (SSSR count). The molecule has 4 N–H and O–H groups in total. The first-order valence-electron chi connectivity index (χ1n) is 21.9. The lowest BCUT2D eigenvalue weighted by atomic mass is 9.68. The molecule has 0 spiro atoms. The number of anilines is 1. The number of hydrogen-bond donors (Lipinski definition) is 4. The van der Waals surface area contributed by atoms with E-state index in [-0.39, 0.29) is 12.8 Å². The first-order valence-corrected chi connectivity index (χ1v) is 29.4. The summed E-state index contributed by atoms with van der Waals surface area (Å²) < 4.78 is 75.3. The van der Waals surface area contributed by atoms with Gasteiger partial charge in [-0.2, -0.15) is 21.4 Å². The molecule has 358 valence electrons. The second-order valence-electron chi connectivity index (χ2n) is 17.4. The third-order valence-corrected chi connectivity index (χ3v) is 17.2. The van der Waals surface area contributed by atoms with E-state index in [2.05, 4.69) is 126 Å². The summed E-state index contributed by atoms with van der Waals surface area (Å²) >= 11 is 9.16. The highest BCUT2D eigenvalue weighted by molar-refractivity contribution is 14.1. The van der Waals surface area contributed by atoms with Crippen LogP contribution in [0, 0.1) is 20.2 Å². The number of benzene rings is 4. The van der Waals surface area contributed by atoms with Crippen LogP contribution in [0.25, 0.3) is 21.5 Å². The molecule has 2 aliphatic heterocycles. The first kappa shape index (κ1) is 53.9. The molecule has 2 aliphatic rings. The Morgan fingerprint density at radius 3 is 1.96 bits per heavy atom. The molecule has 4 aromatic rings. The Morgan fingerprint density at radius 2 is 1.36 bits per heavy atom. The van der Waals surface area contributed by atoms with Crippen molar-refractivity contribution >= 4 is 161 Å². The van der Waals surface area contributed by atoms with Gasteiger partial charge >= 0.3 is 11.9 Å². The maximum absolute atomic E-state index is 13.3. The van der Waals surface area contributed by atoms with Crippen LogP contribution in [-0.2, 0) is 40.7 Å². The van der Waals surface area contributed by atoms with Gasteiger partial charge in [-0.1, -0.05) is 69.1 Å². The fourth-order valence-corrected chi connectivity index (χ4v) is 15.1. The number of unbranched alkanes of at least 4 members (excludes halogenated alkanes) is 3. The van der Waals surface area contributed by atoms with Crippen LogP contribution >= 0.6 is 90.4 Å². The third-order valence-electron chi connectivity index (χ3n) is 12.8. The van der Waals surface area contributed by atoms with E-state index >= 15 is 0 Å². The number of carboxylic acids is 2. The maximum atomic E-state index is 13.3. The highest BCUT2D eigenvalue weighted by Gasteiger charge is 2.53. The summed E-state index contributed by atoms with van der Waals surface area (Å²) in [5, 5.41) is 24.1. The van der Waals surface area contributed by atoms with Gasteiger partial charge in [-0.25, -0.2) is 0 Å². The summed E-state index contributed by atoms with van der Waals surface area (Å²) in [7, 11) is -8.79. The van der Waals surface area contributed by atoms with Gasteiger partial charge in [-0.15, -0.1) is 0 Å². The van der Waals surface area contributed by atoms with Crippen molar-refractivity contribution in [3.8, 4) is 0 Å². The van der Waals surface area contributed by atoms with E-state index in [1.807, 2.05) is 56.3 Å². The first-order chi connectivity index (χ1) is 31.5. The van der Waals surface area contributed by atoms with Crippen LogP contribution in [0.3, 0.4) is 0 Å². The minimum atomic E-state index is -4.58. The molecule has 3 unspecified atom stereocenters. The maximum Gasteiger partial charge on any atom is 0.307 e.